The molecule has 1 heterocycles. The fourth-order valence-corrected chi connectivity index (χ4v) is 7.67. The Morgan fingerprint density at radius 1 is 1.10 bits per heavy atom. The van der Waals surface area contributed by atoms with Crippen LogP contribution in [0.5, 0.6) is 0 Å². The van der Waals surface area contributed by atoms with E-state index in [9.17, 15) is 18.0 Å². The minimum absolute atomic E-state index is 0.000834. The van der Waals surface area contributed by atoms with Crippen molar-refractivity contribution < 1.29 is 18.0 Å². The molecule has 166 valence electrons. The topological polar surface area (TPSA) is 92.3 Å². The lowest BCUT2D eigenvalue weighted by Gasteiger charge is -2.23. The first-order valence-electron chi connectivity index (χ1n) is 11.2. The van der Waals surface area contributed by atoms with Gasteiger partial charge in [0.1, 0.15) is 5.00 Å². The van der Waals surface area contributed by atoms with Gasteiger partial charge in [-0.05, 0) is 68.3 Å². The fraction of sp³-hybridized carbons (Fsp3) is 0.727. The van der Waals surface area contributed by atoms with Gasteiger partial charge in [-0.2, -0.15) is 0 Å². The molecule has 2 fully saturated rings. The van der Waals surface area contributed by atoms with Gasteiger partial charge in [-0.1, -0.05) is 13.8 Å². The number of rotatable bonds is 9. The van der Waals surface area contributed by atoms with E-state index in [4.69, 9.17) is 0 Å². The average molecular weight is 453 g/mol. The Kier molecular flexibility index (Phi) is 6.26. The van der Waals surface area contributed by atoms with Crippen LogP contribution in [-0.2, 0) is 27.5 Å². The van der Waals surface area contributed by atoms with E-state index in [1.165, 1.54) is 11.3 Å². The molecule has 1 atom stereocenters. The van der Waals surface area contributed by atoms with E-state index in [2.05, 4.69) is 10.6 Å². The lowest BCUT2D eigenvalue weighted by atomic mass is 9.87. The monoisotopic (exact) mass is 452 g/mol. The van der Waals surface area contributed by atoms with Gasteiger partial charge in [0, 0.05) is 17.3 Å². The molecule has 1 unspecified atom stereocenters. The number of carbonyl (C=O) groups is 2. The molecular formula is C22H32N2O4S2. The van der Waals surface area contributed by atoms with Crippen molar-refractivity contribution in [1.29, 1.82) is 0 Å². The molecule has 0 radical (unpaired) electrons. The normalized spacial score (nSPS) is 21.4. The van der Waals surface area contributed by atoms with Crippen LogP contribution in [0.15, 0.2) is 0 Å². The van der Waals surface area contributed by atoms with Crippen LogP contribution in [0.1, 0.15) is 66.8 Å². The van der Waals surface area contributed by atoms with Gasteiger partial charge in [0.2, 0.25) is 5.91 Å². The SMILES string of the molecule is CC(C)CS(=O)(=O)CC1CCc2sc(NC(=O)C3CC3)c(C(=O)NCC3CC3)c2C1. The van der Waals surface area contributed by atoms with Crippen LogP contribution in [0.2, 0.25) is 0 Å². The van der Waals surface area contributed by atoms with E-state index >= 15 is 0 Å². The Morgan fingerprint density at radius 2 is 1.83 bits per heavy atom. The molecule has 0 aromatic carbocycles. The number of thiophene rings is 1. The maximum atomic E-state index is 13.1. The highest BCUT2D eigenvalue weighted by Gasteiger charge is 2.35. The summed E-state index contributed by atoms with van der Waals surface area (Å²) in [6, 6.07) is 0. The molecule has 2 N–H and O–H groups in total. The number of aryl methyl sites for hydroxylation is 1. The highest BCUT2D eigenvalue weighted by atomic mass is 32.2. The Balaban J connectivity index is 1.54. The molecule has 3 aliphatic carbocycles. The number of nitrogens with one attached hydrogen (secondary N) is 2. The second-order valence-corrected chi connectivity index (χ2v) is 13.0. The zero-order valence-corrected chi connectivity index (χ0v) is 19.5. The van der Waals surface area contributed by atoms with Gasteiger partial charge >= 0.3 is 0 Å². The minimum atomic E-state index is -3.11. The molecular weight excluding hydrogens is 420 g/mol. The van der Waals surface area contributed by atoms with E-state index in [-0.39, 0.29) is 41.1 Å². The van der Waals surface area contributed by atoms with Crippen LogP contribution < -0.4 is 10.6 Å². The summed E-state index contributed by atoms with van der Waals surface area (Å²) >= 11 is 1.50. The molecule has 8 heteroatoms. The number of anilines is 1. The fourth-order valence-electron chi connectivity index (χ4n) is 4.27. The summed E-state index contributed by atoms with van der Waals surface area (Å²) in [6.07, 6.45) is 6.31. The predicted octanol–water partition coefficient (Wildman–Crippen LogP) is 3.41. The maximum Gasteiger partial charge on any atom is 0.254 e. The first-order valence-corrected chi connectivity index (χ1v) is 13.8. The molecule has 0 saturated heterocycles. The van der Waals surface area contributed by atoms with Crippen LogP contribution in [-0.4, -0.2) is 38.3 Å². The lowest BCUT2D eigenvalue weighted by molar-refractivity contribution is -0.117. The molecule has 2 saturated carbocycles. The van der Waals surface area contributed by atoms with Gasteiger partial charge in [0.05, 0.1) is 17.1 Å². The molecule has 6 nitrogen and oxygen atoms in total. The minimum Gasteiger partial charge on any atom is -0.352 e. The standard InChI is InChI=1S/C22H32N2O4S2/c1-13(2)11-30(27,28)12-15-5-8-18-17(9-15)19(21(26)23-10-14-3-4-14)22(29-18)24-20(25)16-6-7-16/h13-16H,3-12H2,1-2H3,(H,23,26)(H,24,25). The van der Waals surface area contributed by atoms with Gasteiger partial charge in [-0.25, -0.2) is 8.42 Å². The molecule has 1 aromatic rings. The van der Waals surface area contributed by atoms with Crippen LogP contribution in [0.25, 0.3) is 0 Å². The third-order valence-corrected chi connectivity index (χ3v) is 9.46. The van der Waals surface area contributed by atoms with E-state index in [0.29, 0.717) is 29.4 Å². The van der Waals surface area contributed by atoms with Crippen LogP contribution in [0.3, 0.4) is 0 Å². The molecule has 4 rings (SSSR count). The number of hydrogen-bond acceptors (Lipinski definition) is 5. The molecule has 3 aliphatic rings. The molecule has 2 amide bonds. The van der Waals surface area contributed by atoms with Crippen molar-refractivity contribution in [3.63, 3.8) is 0 Å². The van der Waals surface area contributed by atoms with Crippen molar-refractivity contribution in [2.45, 2.75) is 58.8 Å². The largest absolute Gasteiger partial charge is 0.352 e. The molecule has 30 heavy (non-hydrogen) atoms. The van der Waals surface area contributed by atoms with E-state index in [0.717, 1.165) is 49.0 Å². The van der Waals surface area contributed by atoms with E-state index < -0.39 is 9.84 Å². The molecule has 0 spiro atoms. The van der Waals surface area contributed by atoms with Gasteiger partial charge in [-0.3, -0.25) is 9.59 Å². The lowest BCUT2D eigenvalue weighted by Crippen LogP contribution is -2.29. The molecule has 0 bridgehead atoms. The van der Waals surface area contributed by atoms with Gasteiger partial charge in [-0.15, -0.1) is 11.3 Å². The van der Waals surface area contributed by atoms with Crippen molar-refractivity contribution in [3.8, 4) is 0 Å². The zero-order chi connectivity index (χ0) is 21.5. The summed E-state index contributed by atoms with van der Waals surface area (Å²) in [6.45, 7) is 4.52. The smallest absolute Gasteiger partial charge is 0.254 e. The summed E-state index contributed by atoms with van der Waals surface area (Å²) in [5, 5.41) is 6.70. The van der Waals surface area contributed by atoms with Crippen molar-refractivity contribution >= 4 is 38.0 Å². The Bertz CT molecular complexity index is 927. The molecule has 0 aliphatic heterocycles. The van der Waals surface area contributed by atoms with Gasteiger partial charge in [0.15, 0.2) is 9.84 Å². The number of hydrogen-bond donors (Lipinski definition) is 2. The van der Waals surface area contributed by atoms with Crippen LogP contribution in [0, 0.1) is 23.7 Å². The zero-order valence-electron chi connectivity index (χ0n) is 17.8. The Morgan fingerprint density at radius 3 is 2.47 bits per heavy atom. The van der Waals surface area contributed by atoms with Crippen LogP contribution >= 0.6 is 11.3 Å². The number of carbonyl (C=O) groups excluding carboxylic acids is 2. The maximum absolute atomic E-state index is 13.1. The van der Waals surface area contributed by atoms with E-state index in [1.54, 1.807) is 0 Å². The summed E-state index contributed by atoms with van der Waals surface area (Å²) < 4.78 is 25.0. The third kappa shape index (κ3) is 5.44. The summed E-state index contributed by atoms with van der Waals surface area (Å²) in [5.41, 5.74) is 1.53. The van der Waals surface area contributed by atoms with Gasteiger partial charge < -0.3 is 10.6 Å². The van der Waals surface area contributed by atoms with E-state index in [1.807, 2.05) is 13.8 Å². The van der Waals surface area contributed by atoms with Crippen molar-refractivity contribution in [2.75, 3.05) is 23.4 Å². The summed E-state index contributed by atoms with van der Waals surface area (Å²) in [4.78, 5) is 26.6. The predicted molar refractivity (Wildman–Crippen MR) is 120 cm³/mol. The number of fused-ring (bicyclic) bond motifs is 1. The highest BCUT2D eigenvalue weighted by Crippen LogP contribution is 2.41. The Labute approximate surface area is 183 Å². The second kappa shape index (κ2) is 8.61. The Hall–Kier alpha value is -1.41. The quantitative estimate of drug-likeness (QED) is 0.601. The molecule has 1 aromatic heterocycles. The summed E-state index contributed by atoms with van der Waals surface area (Å²) in [5.74, 6) is 1.03. The first kappa shape index (κ1) is 21.8. The summed E-state index contributed by atoms with van der Waals surface area (Å²) in [7, 11) is -3.11. The first-order chi connectivity index (χ1) is 14.2. The third-order valence-electron chi connectivity index (χ3n) is 6.10. The number of amides is 2. The van der Waals surface area contributed by atoms with Crippen molar-refractivity contribution in [2.24, 2.45) is 23.7 Å². The highest BCUT2D eigenvalue weighted by molar-refractivity contribution is 7.91. The average Bonchev–Trinajstić information content (AvgIpc) is 3.55. The number of sulfone groups is 1. The van der Waals surface area contributed by atoms with Crippen LogP contribution in [0.4, 0.5) is 5.00 Å². The second-order valence-electron chi connectivity index (χ2n) is 9.70. The van der Waals surface area contributed by atoms with Crippen molar-refractivity contribution in [3.05, 3.63) is 16.0 Å². The van der Waals surface area contributed by atoms with Crippen molar-refractivity contribution in [1.82, 2.24) is 5.32 Å². The van der Waals surface area contributed by atoms with Gasteiger partial charge in [0.25, 0.3) is 5.91 Å².